The molecule has 1 aliphatic rings. The predicted molar refractivity (Wildman–Crippen MR) is 103 cm³/mol. The first-order valence-corrected chi connectivity index (χ1v) is 9.07. The molecule has 3 aromatic rings. The van der Waals surface area contributed by atoms with Crippen molar-refractivity contribution in [1.82, 2.24) is 20.0 Å². The van der Waals surface area contributed by atoms with Crippen LogP contribution < -0.4 is 10.2 Å². The number of para-hydroxylation sites is 1. The van der Waals surface area contributed by atoms with Gasteiger partial charge in [-0.2, -0.15) is 4.98 Å². The zero-order valence-corrected chi connectivity index (χ0v) is 15.2. The summed E-state index contributed by atoms with van der Waals surface area (Å²) in [6.45, 7) is 9.21. The summed E-state index contributed by atoms with van der Waals surface area (Å²) in [5.74, 6) is 0.795. The summed E-state index contributed by atoms with van der Waals surface area (Å²) in [6, 6.07) is 11.0. The zero-order valence-electron chi connectivity index (χ0n) is 15.2. The molecule has 1 N–H and O–H groups in total. The van der Waals surface area contributed by atoms with E-state index in [9.17, 15) is 0 Å². The third kappa shape index (κ3) is 3.35. The Morgan fingerprint density at radius 1 is 1.12 bits per heavy atom. The average molecular weight is 352 g/mol. The Labute approximate surface area is 153 Å². The van der Waals surface area contributed by atoms with Crippen LogP contribution in [0.5, 0.6) is 0 Å². The molecule has 0 amide bonds. The SMILES string of the molecule is Cc1noc2ncnc(NC[C@H](C)N3CCN(c4ccccc4)CC3)c12. The van der Waals surface area contributed by atoms with E-state index in [0.29, 0.717) is 11.8 Å². The molecule has 1 aromatic carbocycles. The minimum atomic E-state index is 0.415. The number of aryl methyl sites for hydroxylation is 1. The molecule has 7 heteroatoms. The summed E-state index contributed by atoms with van der Waals surface area (Å²) in [4.78, 5) is 13.4. The first-order chi connectivity index (χ1) is 12.7. The molecule has 0 bridgehead atoms. The molecule has 1 saturated heterocycles. The molecule has 1 atom stereocenters. The predicted octanol–water partition coefficient (Wildman–Crippen LogP) is 2.55. The number of anilines is 2. The van der Waals surface area contributed by atoms with Gasteiger partial charge in [-0.15, -0.1) is 0 Å². The van der Waals surface area contributed by atoms with E-state index in [1.54, 1.807) is 0 Å². The van der Waals surface area contributed by atoms with Crippen LogP contribution in [0.1, 0.15) is 12.6 Å². The lowest BCUT2D eigenvalue weighted by Gasteiger charge is -2.39. The molecule has 136 valence electrons. The maximum Gasteiger partial charge on any atom is 0.263 e. The molecule has 0 radical (unpaired) electrons. The van der Waals surface area contributed by atoms with Crippen molar-refractivity contribution < 1.29 is 4.52 Å². The highest BCUT2D eigenvalue weighted by Gasteiger charge is 2.21. The summed E-state index contributed by atoms with van der Waals surface area (Å²) in [6.07, 6.45) is 1.51. The number of nitrogens with zero attached hydrogens (tertiary/aromatic N) is 5. The minimum absolute atomic E-state index is 0.415. The fraction of sp³-hybridized carbons (Fsp3) is 0.421. The number of piperazine rings is 1. The summed E-state index contributed by atoms with van der Waals surface area (Å²) >= 11 is 0. The topological polar surface area (TPSA) is 70.3 Å². The highest BCUT2D eigenvalue weighted by atomic mass is 16.5. The zero-order chi connectivity index (χ0) is 17.9. The van der Waals surface area contributed by atoms with Crippen molar-refractivity contribution in [1.29, 1.82) is 0 Å². The van der Waals surface area contributed by atoms with Gasteiger partial charge in [0.15, 0.2) is 0 Å². The van der Waals surface area contributed by atoms with Gasteiger partial charge in [-0.3, -0.25) is 4.90 Å². The molecule has 4 rings (SSSR count). The van der Waals surface area contributed by atoms with Crippen LogP contribution in [0.25, 0.3) is 11.1 Å². The molecule has 2 aromatic heterocycles. The van der Waals surface area contributed by atoms with Gasteiger partial charge in [0.2, 0.25) is 0 Å². The number of hydrogen-bond acceptors (Lipinski definition) is 7. The van der Waals surface area contributed by atoms with Crippen LogP contribution in [-0.2, 0) is 0 Å². The van der Waals surface area contributed by atoms with E-state index in [4.69, 9.17) is 4.52 Å². The lowest BCUT2D eigenvalue weighted by molar-refractivity contribution is 0.204. The number of rotatable bonds is 5. The van der Waals surface area contributed by atoms with Crippen molar-refractivity contribution in [2.24, 2.45) is 0 Å². The molecule has 0 unspecified atom stereocenters. The lowest BCUT2D eigenvalue weighted by Crippen LogP contribution is -2.51. The maximum absolute atomic E-state index is 5.21. The Morgan fingerprint density at radius 2 is 1.88 bits per heavy atom. The van der Waals surface area contributed by atoms with Crippen molar-refractivity contribution in [2.45, 2.75) is 19.9 Å². The van der Waals surface area contributed by atoms with Crippen LogP contribution in [0.2, 0.25) is 0 Å². The Balaban J connectivity index is 1.34. The number of nitrogens with one attached hydrogen (secondary N) is 1. The molecule has 1 fully saturated rings. The molecule has 0 spiro atoms. The van der Waals surface area contributed by atoms with Gasteiger partial charge in [0.1, 0.15) is 17.5 Å². The summed E-state index contributed by atoms with van der Waals surface area (Å²) in [5.41, 5.74) is 2.65. The first kappa shape index (κ1) is 16.8. The van der Waals surface area contributed by atoms with Gasteiger partial charge in [-0.25, -0.2) is 4.98 Å². The quantitative estimate of drug-likeness (QED) is 0.756. The van der Waals surface area contributed by atoms with Crippen molar-refractivity contribution in [3.8, 4) is 0 Å². The molecule has 7 nitrogen and oxygen atoms in total. The van der Waals surface area contributed by atoms with Gasteiger partial charge in [-0.1, -0.05) is 23.4 Å². The van der Waals surface area contributed by atoms with E-state index in [2.05, 4.69) is 67.5 Å². The third-order valence-electron chi connectivity index (χ3n) is 5.07. The van der Waals surface area contributed by atoms with Crippen LogP contribution in [0.4, 0.5) is 11.5 Å². The highest BCUT2D eigenvalue weighted by Crippen LogP contribution is 2.22. The number of fused-ring (bicyclic) bond motifs is 1. The van der Waals surface area contributed by atoms with Crippen molar-refractivity contribution >= 4 is 22.6 Å². The third-order valence-corrected chi connectivity index (χ3v) is 5.07. The second kappa shape index (κ2) is 7.29. The molecule has 26 heavy (non-hydrogen) atoms. The number of benzene rings is 1. The second-order valence-electron chi connectivity index (χ2n) is 6.76. The fourth-order valence-corrected chi connectivity index (χ4v) is 3.49. The molecule has 0 aliphatic carbocycles. The van der Waals surface area contributed by atoms with E-state index >= 15 is 0 Å². The fourth-order valence-electron chi connectivity index (χ4n) is 3.49. The first-order valence-electron chi connectivity index (χ1n) is 9.07. The van der Waals surface area contributed by atoms with Gasteiger partial charge >= 0.3 is 0 Å². The maximum atomic E-state index is 5.21. The van der Waals surface area contributed by atoms with Gasteiger partial charge in [-0.05, 0) is 26.0 Å². The van der Waals surface area contributed by atoms with Gasteiger partial charge in [0.05, 0.1) is 5.69 Å². The minimum Gasteiger partial charge on any atom is -0.369 e. The lowest BCUT2D eigenvalue weighted by atomic mass is 10.2. The number of hydrogen-bond donors (Lipinski definition) is 1. The summed E-state index contributed by atoms with van der Waals surface area (Å²) < 4.78 is 5.21. The highest BCUT2D eigenvalue weighted by molar-refractivity contribution is 5.87. The van der Waals surface area contributed by atoms with Gasteiger partial charge in [0, 0.05) is 44.5 Å². The molecule has 0 saturated carbocycles. The smallest absolute Gasteiger partial charge is 0.263 e. The molecular formula is C19H24N6O. The van der Waals surface area contributed by atoms with Crippen LogP contribution in [-0.4, -0.2) is 58.8 Å². The van der Waals surface area contributed by atoms with E-state index in [1.807, 2.05) is 6.92 Å². The molecule has 3 heterocycles. The van der Waals surface area contributed by atoms with Crippen molar-refractivity contribution in [2.75, 3.05) is 42.9 Å². The van der Waals surface area contributed by atoms with Crippen LogP contribution in [0, 0.1) is 6.92 Å². The van der Waals surface area contributed by atoms with Crippen molar-refractivity contribution in [3.05, 3.63) is 42.4 Å². The second-order valence-corrected chi connectivity index (χ2v) is 6.76. The van der Waals surface area contributed by atoms with E-state index in [0.717, 1.165) is 49.6 Å². The molecular weight excluding hydrogens is 328 g/mol. The van der Waals surface area contributed by atoms with Gasteiger partial charge in [0.25, 0.3) is 5.71 Å². The average Bonchev–Trinajstić information content (AvgIpc) is 3.08. The van der Waals surface area contributed by atoms with E-state index < -0.39 is 0 Å². The monoisotopic (exact) mass is 352 g/mol. The van der Waals surface area contributed by atoms with E-state index in [1.165, 1.54) is 12.0 Å². The van der Waals surface area contributed by atoms with Crippen LogP contribution in [0.3, 0.4) is 0 Å². The summed E-state index contributed by atoms with van der Waals surface area (Å²) in [7, 11) is 0. The standard InChI is InChI=1S/C19H24N6O/c1-14(12-20-18-17-15(2)23-26-19(17)22-13-21-18)24-8-10-25(11-9-24)16-6-4-3-5-7-16/h3-7,13-14H,8-12H2,1-2H3,(H,20,21,22)/t14-/m0/s1. The normalized spacial score (nSPS) is 16.8. The number of aromatic nitrogens is 3. The Morgan fingerprint density at radius 3 is 2.65 bits per heavy atom. The molecule has 1 aliphatic heterocycles. The van der Waals surface area contributed by atoms with Crippen molar-refractivity contribution in [3.63, 3.8) is 0 Å². The Bertz CT molecular complexity index is 857. The summed E-state index contributed by atoms with van der Waals surface area (Å²) in [5, 5.41) is 8.29. The Hall–Kier alpha value is -2.67. The van der Waals surface area contributed by atoms with Crippen LogP contribution in [0.15, 0.2) is 41.2 Å². The Kier molecular flexibility index (Phi) is 4.71. The van der Waals surface area contributed by atoms with E-state index in [-0.39, 0.29) is 0 Å². The van der Waals surface area contributed by atoms with Crippen LogP contribution >= 0.6 is 0 Å². The van der Waals surface area contributed by atoms with Gasteiger partial charge < -0.3 is 14.7 Å². The largest absolute Gasteiger partial charge is 0.369 e.